The van der Waals surface area contributed by atoms with E-state index < -0.39 is 12.1 Å². The lowest BCUT2D eigenvalue weighted by Gasteiger charge is -2.08. The molecule has 4 nitrogen and oxygen atoms in total. The maximum atomic E-state index is 11.6. The Labute approximate surface area is 117 Å². The fourth-order valence-electron chi connectivity index (χ4n) is 1.29. The fraction of sp³-hybridized carbons (Fsp3) is 0.273. The van der Waals surface area contributed by atoms with Crippen molar-refractivity contribution in [1.82, 2.24) is 0 Å². The molecule has 0 aliphatic carbocycles. The van der Waals surface area contributed by atoms with Crippen LogP contribution in [-0.2, 0) is 4.79 Å². The molecule has 17 heavy (non-hydrogen) atoms. The van der Waals surface area contributed by atoms with Crippen molar-refractivity contribution in [3.63, 3.8) is 0 Å². The van der Waals surface area contributed by atoms with Crippen LogP contribution in [0.25, 0.3) is 0 Å². The molecule has 92 valence electrons. The highest BCUT2D eigenvalue weighted by molar-refractivity contribution is 14.1. The lowest BCUT2D eigenvalue weighted by Crippen LogP contribution is -2.11. The van der Waals surface area contributed by atoms with Crippen LogP contribution in [0.4, 0.5) is 0 Å². The van der Waals surface area contributed by atoms with E-state index in [1.165, 1.54) is 18.2 Å². The number of ketones is 1. The van der Waals surface area contributed by atoms with Gasteiger partial charge in [0.25, 0.3) is 0 Å². The predicted molar refractivity (Wildman–Crippen MR) is 71.4 cm³/mol. The van der Waals surface area contributed by atoms with E-state index in [0.29, 0.717) is 9.13 Å². The van der Waals surface area contributed by atoms with Crippen molar-refractivity contribution < 1.29 is 19.8 Å². The molecule has 0 amide bonds. The van der Waals surface area contributed by atoms with Gasteiger partial charge >= 0.3 is 5.97 Å². The average Bonchev–Trinajstić information content (AvgIpc) is 2.27. The van der Waals surface area contributed by atoms with Gasteiger partial charge in [0.15, 0.2) is 11.9 Å². The summed E-state index contributed by atoms with van der Waals surface area (Å²) in [6, 6.07) is 4.43. The van der Waals surface area contributed by atoms with Crippen LogP contribution in [0.15, 0.2) is 18.2 Å². The number of Topliss-reactive ketones (excluding diaryl/α,β-unsaturated/α-hetero) is 1. The van der Waals surface area contributed by atoms with Gasteiger partial charge in [0.1, 0.15) is 0 Å². The Hall–Kier alpha value is -0.660. The zero-order valence-electron chi connectivity index (χ0n) is 8.69. The molecule has 0 radical (unpaired) electrons. The van der Waals surface area contributed by atoms with Gasteiger partial charge in [-0.15, -0.1) is 11.6 Å². The Kier molecular flexibility index (Phi) is 5.35. The number of carboxylic acids is 1. The van der Waals surface area contributed by atoms with Crippen molar-refractivity contribution in [3.8, 4) is 0 Å². The number of carbonyl (C=O) groups excluding carboxylic acids is 1. The minimum absolute atomic E-state index is 0.0965. The highest BCUT2D eigenvalue weighted by Gasteiger charge is 2.18. The SMILES string of the molecule is O=C(CCCl)c1ccc(C(O)C(=O)O)cc1I. The second kappa shape index (κ2) is 6.32. The first kappa shape index (κ1) is 14.4. The summed E-state index contributed by atoms with van der Waals surface area (Å²) >= 11 is 7.41. The molecular formula is C11H10ClIO4. The Morgan fingerprint density at radius 2 is 2.06 bits per heavy atom. The number of carbonyl (C=O) groups is 2. The summed E-state index contributed by atoms with van der Waals surface area (Å²) in [4.78, 5) is 22.2. The van der Waals surface area contributed by atoms with Crippen LogP contribution in [0.2, 0.25) is 0 Å². The molecule has 1 rings (SSSR count). The largest absolute Gasteiger partial charge is 0.479 e. The van der Waals surface area contributed by atoms with E-state index >= 15 is 0 Å². The summed E-state index contributed by atoms with van der Waals surface area (Å²) < 4.78 is 0.607. The summed E-state index contributed by atoms with van der Waals surface area (Å²) in [5.74, 6) is -1.17. The molecule has 1 atom stereocenters. The number of aliphatic carboxylic acids is 1. The quantitative estimate of drug-likeness (QED) is 0.475. The third kappa shape index (κ3) is 3.65. The first-order valence-electron chi connectivity index (χ1n) is 4.77. The molecule has 0 aliphatic heterocycles. The van der Waals surface area contributed by atoms with E-state index in [0.717, 1.165) is 0 Å². The smallest absolute Gasteiger partial charge is 0.337 e. The third-order valence-corrected chi connectivity index (χ3v) is 3.25. The maximum absolute atomic E-state index is 11.6. The number of halogens is 2. The number of alkyl halides is 1. The van der Waals surface area contributed by atoms with Crippen LogP contribution in [-0.4, -0.2) is 27.8 Å². The normalized spacial score (nSPS) is 12.2. The number of carboxylic acid groups (broad SMARTS) is 1. The van der Waals surface area contributed by atoms with Gasteiger partial charge in [0.05, 0.1) is 0 Å². The molecule has 1 unspecified atom stereocenters. The van der Waals surface area contributed by atoms with Gasteiger partial charge in [-0.3, -0.25) is 4.79 Å². The van der Waals surface area contributed by atoms with Gasteiger partial charge in [0.2, 0.25) is 0 Å². The van der Waals surface area contributed by atoms with E-state index in [-0.39, 0.29) is 23.6 Å². The summed E-state index contributed by atoms with van der Waals surface area (Å²) in [7, 11) is 0. The Bertz CT molecular complexity index is 447. The summed E-state index contributed by atoms with van der Waals surface area (Å²) in [6.45, 7) is 0. The van der Waals surface area contributed by atoms with Crippen LogP contribution in [0, 0.1) is 3.57 Å². The first-order valence-corrected chi connectivity index (χ1v) is 6.38. The van der Waals surface area contributed by atoms with Crippen LogP contribution >= 0.6 is 34.2 Å². The minimum Gasteiger partial charge on any atom is -0.479 e. The van der Waals surface area contributed by atoms with Gasteiger partial charge in [-0.25, -0.2) is 4.79 Å². The summed E-state index contributed by atoms with van der Waals surface area (Å²) in [6.07, 6.45) is -1.33. The molecule has 0 heterocycles. The predicted octanol–water partition coefficient (Wildman–Crippen LogP) is 2.22. The van der Waals surface area contributed by atoms with Gasteiger partial charge in [-0.1, -0.05) is 6.07 Å². The first-order chi connectivity index (χ1) is 7.97. The van der Waals surface area contributed by atoms with E-state index in [1.54, 1.807) is 0 Å². The molecule has 0 spiro atoms. The van der Waals surface area contributed by atoms with Crippen LogP contribution in [0.5, 0.6) is 0 Å². The van der Waals surface area contributed by atoms with Crippen molar-refractivity contribution in [1.29, 1.82) is 0 Å². The number of benzene rings is 1. The van der Waals surface area contributed by atoms with Crippen molar-refractivity contribution in [2.24, 2.45) is 0 Å². The number of aliphatic hydroxyl groups is 1. The van der Waals surface area contributed by atoms with Gasteiger partial charge in [-0.05, 0) is 40.3 Å². The van der Waals surface area contributed by atoms with Crippen LogP contribution in [0.1, 0.15) is 28.4 Å². The van der Waals surface area contributed by atoms with E-state index in [1.807, 2.05) is 22.6 Å². The minimum atomic E-state index is -1.57. The molecule has 0 saturated carbocycles. The Balaban J connectivity index is 3.01. The zero-order chi connectivity index (χ0) is 13.0. The van der Waals surface area contributed by atoms with Crippen molar-refractivity contribution in [3.05, 3.63) is 32.9 Å². The Morgan fingerprint density at radius 1 is 1.41 bits per heavy atom. The molecule has 0 bridgehead atoms. The van der Waals surface area contributed by atoms with Gasteiger partial charge in [-0.2, -0.15) is 0 Å². The second-order valence-corrected chi connectivity index (χ2v) is 4.88. The lowest BCUT2D eigenvalue weighted by molar-refractivity contribution is -0.146. The third-order valence-electron chi connectivity index (χ3n) is 2.16. The van der Waals surface area contributed by atoms with Gasteiger partial charge in [0, 0.05) is 21.4 Å². The van der Waals surface area contributed by atoms with Gasteiger partial charge < -0.3 is 10.2 Å². The summed E-state index contributed by atoms with van der Waals surface area (Å²) in [5.41, 5.74) is 0.747. The average molecular weight is 369 g/mol. The topological polar surface area (TPSA) is 74.6 Å². The van der Waals surface area contributed by atoms with Crippen LogP contribution in [0.3, 0.4) is 0 Å². The highest BCUT2D eigenvalue weighted by atomic mass is 127. The van der Waals surface area contributed by atoms with E-state index in [2.05, 4.69) is 0 Å². The molecule has 1 aromatic rings. The number of rotatable bonds is 5. The van der Waals surface area contributed by atoms with Crippen LogP contribution < -0.4 is 0 Å². The molecule has 1 aromatic carbocycles. The number of hydrogen-bond donors (Lipinski definition) is 2. The molecule has 0 saturated heterocycles. The van der Waals surface area contributed by atoms with Crippen molar-refractivity contribution in [2.45, 2.75) is 12.5 Å². The Morgan fingerprint density at radius 3 is 2.53 bits per heavy atom. The molecular weight excluding hydrogens is 358 g/mol. The fourth-order valence-corrected chi connectivity index (χ4v) is 2.30. The van der Waals surface area contributed by atoms with E-state index in [4.69, 9.17) is 16.7 Å². The standard InChI is InChI=1S/C11H10ClIO4/c12-4-3-9(14)7-2-1-6(5-8(7)13)10(15)11(16)17/h1-2,5,10,15H,3-4H2,(H,16,17). The molecule has 0 aliphatic rings. The monoisotopic (exact) mass is 368 g/mol. The van der Waals surface area contributed by atoms with E-state index in [9.17, 15) is 14.7 Å². The molecule has 0 aromatic heterocycles. The number of aliphatic hydroxyl groups excluding tert-OH is 1. The van der Waals surface area contributed by atoms with Crippen molar-refractivity contribution >= 4 is 45.9 Å². The lowest BCUT2D eigenvalue weighted by atomic mass is 10.0. The zero-order valence-corrected chi connectivity index (χ0v) is 11.6. The maximum Gasteiger partial charge on any atom is 0.337 e. The second-order valence-electron chi connectivity index (χ2n) is 3.34. The summed E-state index contributed by atoms with van der Waals surface area (Å²) in [5, 5.41) is 18.0. The molecule has 0 fully saturated rings. The molecule has 2 N–H and O–H groups in total. The highest BCUT2D eigenvalue weighted by Crippen LogP contribution is 2.21. The number of hydrogen-bond acceptors (Lipinski definition) is 3. The molecule has 6 heteroatoms. The van der Waals surface area contributed by atoms with Crippen molar-refractivity contribution in [2.75, 3.05) is 5.88 Å².